The Morgan fingerprint density at radius 3 is 2.62 bits per heavy atom. The summed E-state index contributed by atoms with van der Waals surface area (Å²) >= 11 is 5.88. The Morgan fingerprint density at radius 2 is 1.93 bits per heavy atom. The number of anilines is 5. The van der Waals surface area contributed by atoms with Crippen molar-refractivity contribution in [3.8, 4) is 5.75 Å². The Hall–Kier alpha value is -4.42. The van der Waals surface area contributed by atoms with Gasteiger partial charge >= 0.3 is 0 Å². The molecular weight excluding hydrogens is 565 g/mol. The molecule has 2 aliphatic rings. The van der Waals surface area contributed by atoms with Crippen molar-refractivity contribution in [1.82, 2.24) is 14.9 Å². The van der Waals surface area contributed by atoms with Crippen LogP contribution >= 0.6 is 11.6 Å². The van der Waals surface area contributed by atoms with Gasteiger partial charge < -0.3 is 25.2 Å². The van der Waals surface area contributed by atoms with Crippen molar-refractivity contribution < 1.29 is 23.6 Å². The van der Waals surface area contributed by atoms with Gasteiger partial charge in [0.25, 0.3) is 0 Å². The van der Waals surface area contributed by atoms with Crippen LogP contribution < -0.4 is 25.3 Å². The van der Waals surface area contributed by atoms with E-state index in [2.05, 4.69) is 32.1 Å². The number of methoxy groups -OCH3 is 1. The van der Waals surface area contributed by atoms with Gasteiger partial charge in [0.05, 0.1) is 41.8 Å². The summed E-state index contributed by atoms with van der Waals surface area (Å²) in [5, 5.41) is 7.83. The molecule has 220 valence electrons. The lowest BCUT2D eigenvalue weighted by Gasteiger charge is -2.36. The number of benzene rings is 2. The fraction of sp³-hybridized carbons (Fsp3) is 0.310. The van der Waals surface area contributed by atoms with E-state index in [4.69, 9.17) is 21.2 Å². The number of carbonyl (C=O) groups excluding carboxylic acids is 2. The van der Waals surface area contributed by atoms with Gasteiger partial charge in [-0.1, -0.05) is 24.2 Å². The number of halogens is 2. The van der Waals surface area contributed by atoms with Crippen LogP contribution in [0.1, 0.15) is 24.9 Å². The molecule has 1 atom stereocenters. The summed E-state index contributed by atoms with van der Waals surface area (Å²) in [6, 6.07) is 9.74. The van der Waals surface area contributed by atoms with Crippen LogP contribution in [-0.2, 0) is 14.4 Å². The molecule has 3 heterocycles. The molecule has 1 unspecified atom stereocenters. The normalized spacial score (nSPS) is 16.8. The van der Waals surface area contributed by atoms with Crippen LogP contribution in [0, 0.1) is 5.82 Å². The minimum atomic E-state index is -0.498. The van der Waals surface area contributed by atoms with Crippen molar-refractivity contribution in [3.63, 3.8) is 0 Å². The molecule has 0 saturated carbocycles. The lowest BCUT2D eigenvalue weighted by atomic mass is 10.0. The van der Waals surface area contributed by atoms with E-state index in [-0.39, 0.29) is 22.9 Å². The molecule has 0 spiro atoms. The Bertz CT molecular complexity index is 1500. The number of hydroxylamine groups is 1. The molecule has 1 aromatic heterocycles. The highest BCUT2D eigenvalue weighted by molar-refractivity contribution is 6.30. The van der Waals surface area contributed by atoms with E-state index in [9.17, 15) is 14.0 Å². The summed E-state index contributed by atoms with van der Waals surface area (Å²) in [6.07, 6.45) is 3.23. The molecule has 5 rings (SSSR count). The zero-order chi connectivity index (χ0) is 29.8. The summed E-state index contributed by atoms with van der Waals surface area (Å²) in [7, 11) is 1.55. The number of hydrogen-bond donors (Lipinski definition) is 2. The van der Waals surface area contributed by atoms with E-state index in [1.165, 1.54) is 24.5 Å². The maximum atomic E-state index is 14.2. The topological polar surface area (TPSA) is 112 Å². The summed E-state index contributed by atoms with van der Waals surface area (Å²) in [5.74, 6) is 0.601. The van der Waals surface area contributed by atoms with Gasteiger partial charge in [0, 0.05) is 51.7 Å². The highest BCUT2D eigenvalue weighted by atomic mass is 35.5. The van der Waals surface area contributed by atoms with Gasteiger partial charge in [0.15, 0.2) is 5.82 Å². The maximum absolute atomic E-state index is 14.2. The van der Waals surface area contributed by atoms with Gasteiger partial charge in [0.2, 0.25) is 11.8 Å². The van der Waals surface area contributed by atoms with E-state index in [1.54, 1.807) is 42.2 Å². The summed E-state index contributed by atoms with van der Waals surface area (Å²) in [4.78, 5) is 42.6. The van der Waals surface area contributed by atoms with E-state index >= 15 is 0 Å². The molecule has 13 heteroatoms. The minimum absolute atomic E-state index is 0.0298. The van der Waals surface area contributed by atoms with Gasteiger partial charge in [0.1, 0.15) is 23.7 Å². The van der Waals surface area contributed by atoms with Gasteiger partial charge in [-0.2, -0.15) is 0 Å². The smallest absolute Gasteiger partial charge is 0.247 e. The van der Waals surface area contributed by atoms with Crippen molar-refractivity contribution in [2.24, 2.45) is 0 Å². The van der Waals surface area contributed by atoms with Crippen LogP contribution in [0.3, 0.4) is 0 Å². The van der Waals surface area contributed by atoms with Crippen LogP contribution in [0.4, 0.5) is 33.1 Å². The highest BCUT2D eigenvalue weighted by Crippen LogP contribution is 2.40. The van der Waals surface area contributed by atoms with Crippen molar-refractivity contribution in [2.45, 2.75) is 19.4 Å². The molecule has 2 aromatic carbocycles. The largest absolute Gasteiger partial charge is 0.494 e. The van der Waals surface area contributed by atoms with Crippen LogP contribution in [0.25, 0.3) is 0 Å². The SMILES string of the molecule is C=CC(=O)Nc1cc(Nc2cc(N3OCCC3c3ccc(Cl)c(F)c3)ncn2)c(OC)cc1N1CCN(C(C)=O)CC1. The monoisotopic (exact) mass is 595 g/mol. The van der Waals surface area contributed by atoms with E-state index in [0.717, 1.165) is 5.69 Å². The second-order valence-electron chi connectivity index (χ2n) is 9.78. The molecule has 3 aromatic rings. The Labute approximate surface area is 247 Å². The maximum Gasteiger partial charge on any atom is 0.247 e. The van der Waals surface area contributed by atoms with E-state index < -0.39 is 5.82 Å². The van der Waals surface area contributed by atoms with Crippen LogP contribution in [0.2, 0.25) is 5.02 Å². The quantitative estimate of drug-likeness (QED) is 0.358. The van der Waals surface area contributed by atoms with Gasteiger partial charge in [-0.05, 0) is 29.8 Å². The number of aromatic nitrogens is 2. The number of rotatable bonds is 8. The number of ether oxygens (including phenoxy) is 1. The molecule has 42 heavy (non-hydrogen) atoms. The second kappa shape index (κ2) is 12.6. The van der Waals surface area contributed by atoms with Crippen LogP contribution in [0.15, 0.2) is 55.4 Å². The molecule has 2 fully saturated rings. The molecule has 11 nitrogen and oxygen atoms in total. The third-order valence-corrected chi connectivity index (χ3v) is 7.51. The van der Waals surface area contributed by atoms with Gasteiger partial charge in [-0.25, -0.2) is 19.4 Å². The van der Waals surface area contributed by atoms with Gasteiger partial charge in [-0.3, -0.25) is 14.4 Å². The molecule has 2 saturated heterocycles. The number of hydrogen-bond acceptors (Lipinski definition) is 9. The first kappa shape index (κ1) is 29.1. The zero-order valence-electron chi connectivity index (χ0n) is 23.3. The molecule has 2 amide bonds. The zero-order valence-corrected chi connectivity index (χ0v) is 24.0. The fourth-order valence-electron chi connectivity index (χ4n) is 5.03. The van der Waals surface area contributed by atoms with Crippen molar-refractivity contribution >= 4 is 52.1 Å². The summed E-state index contributed by atoms with van der Waals surface area (Å²) in [6.45, 7) is 7.88. The number of nitrogens with one attached hydrogen (secondary N) is 2. The number of piperazine rings is 1. The summed E-state index contributed by atoms with van der Waals surface area (Å²) in [5.41, 5.74) is 2.56. The van der Waals surface area contributed by atoms with Crippen molar-refractivity contribution in [3.05, 3.63) is 71.8 Å². The average Bonchev–Trinajstić information content (AvgIpc) is 3.49. The van der Waals surface area contributed by atoms with Crippen molar-refractivity contribution in [2.75, 3.05) is 60.5 Å². The van der Waals surface area contributed by atoms with E-state index in [0.29, 0.717) is 73.5 Å². The first-order valence-electron chi connectivity index (χ1n) is 13.4. The molecular formula is C29H31ClFN7O4. The minimum Gasteiger partial charge on any atom is -0.494 e. The summed E-state index contributed by atoms with van der Waals surface area (Å²) < 4.78 is 19.9. The Morgan fingerprint density at radius 1 is 1.14 bits per heavy atom. The van der Waals surface area contributed by atoms with Crippen molar-refractivity contribution in [1.29, 1.82) is 0 Å². The number of nitrogens with zero attached hydrogens (tertiary/aromatic N) is 5. The fourth-order valence-corrected chi connectivity index (χ4v) is 5.15. The predicted molar refractivity (Wildman–Crippen MR) is 159 cm³/mol. The Kier molecular flexibility index (Phi) is 8.74. The third kappa shape index (κ3) is 6.24. The average molecular weight is 596 g/mol. The lowest BCUT2D eigenvalue weighted by Crippen LogP contribution is -2.48. The standard InChI is InChI=1S/C29H31ClFN7O4/c1-4-29(40)35-22-14-23(26(41-3)15-25(22)37-10-8-36(9-11-37)18(2)39)34-27-16-28(33-17-32-27)38-24(7-12-42-38)19-5-6-20(30)21(31)13-19/h4-6,13-17,24H,1,7-12H2,2-3H3,(H,35,40)(H,32,33,34). The van der Waals surface area contributed by atoms with Crippen LogP contribution in [0.5, 0.6) is 5.75 Å². The number of carbonyl (C=O) groups is 2. The molecule has 2 N–H and O–H groups in total. The molecule has 0 bridgehead atoms. The first-order chi connectivity index (χ1) is 20.3. The molecule has 0 aliphatic carbocycles. The molecule has 2 aliphatic heterocycles. The highest BCUT2D eigenvalue weighted by Gasteiger charge is 2.30. The first-order valence-corrected chi connectivity index (χ1v) is 13.8. The lowest BCUT2D eigenvalue weighted by molar-refractivity contribution is -0.129. The number of amides is 2. The second-order valence-corrected chi connectivity index (χ2v) is 10.2. The van der Waals surface area contributed by atoms with E-state index in [1.807, 2.05) is 6.07 Å². The molecule has 0 radical (unpaired) electrons. The van der Waals surface area contributed by atoms with Crippen LogP contribution in [-0.4, -0.2) is 66.6 Å². The Balaban J connectivity index is 1.42. The third-order valence-electron chi connectivity index (χ3n) is 7.20. The van der Waals surface area contributed by atoms with Gasteiger partial charge in [-0.15, -0.1) is 0 Å². The predicted octanol–water partition coefficient (Wildman–Crippen LogP) is 4.70.